The Morgan fingerprint density at radius 1 is 1.33 bits per heavy atom. The van der Waals surface area contributed by atoms with Gasteiger partial charge in [-0.2, -0.15) is 0 Å². The van der Waals surface area contributed by atoms with E-state index in [4.69, 9.17) is 4.74 Å². The van der Waals surface area contributed by atoms with E-state index < -0.39 is 0 Å². The number of anilines is 1. The van der Waals surface area contributed by atoms with Gasteiger partial charge in [0.1, 0.15) is 5.75 Å². The van der Waals surface area contributed by atoms with E-state index in [2.05, 4.69) is 16.7 Å². The molecule has 4 nitrogen and oxygen atoms in total. The van der Waals surface area contributed by atoms with Gasteiger partial charge >= 0.3 is 0 Å². The maximum atomic E-state index is 12.1. The van der Waals surface area contributed by atoms with E-state index in [1.807, 2.05) is 13.0 Å². The second kappa shape index (κ2) is 4.28. The highest BCUT2D eigenvalue weighted by molar-refractivity contribution is 5.98. The average Bonchev–Trinajstić information content (AvgIpc) is 2.40. The molecule has 18 heavy (non-hydrogen) atoms. The van der Waals surface area contributed by atoms with Crippen molar-refractivity contribution in [3.63, 3.8) is 0 Å². The van der Waals surface area contributed by atoms with Crippen molar-refractivity contribution < 1.29 is 9.53 Å². The molecule has 1 aromatic carbocycles. The van der Waals surface area contributed by atoms with Gasteiger partial charge in [-0.05, 0) is 43.1 Å². The maximum absolute atomic E-state index is 12.1. The molecule has 2 atom stereocenters. The van der Waals surface area contributed by atoms with Gasteiger partial charge in [-0.15, -0.1) is 0 Å². The molecular formula is C14H18N2O2. The number of aryl methyl sites for hydroxylation is 1. The first-order valence-electron chi connectivity index (χ1n) is 6.41. The predicted octanol–water partition coefficient (Wildman–Crippen LogP) is 1.65. The minimum absolute atomic E-state index is 0.0535. The summed E-state index contributed by atoms with van der Waals surface area (Å²) in [7, 11) is 1.68. The van der Waals surface area contributed by atoms with Crippen molar-refractivity contribution in [2.75, 3.05) is 25.5 Å². The number of hydrogen-bond donors (Lipinski definition) is 2. The summed E-state index contributed by atoms with van der Waals surface area (Å²) in [5.74, 6) is 1.40. The fourth-order valence-corrected chi connectivity index (χ4v) is 3.08. The van der Waals surface area contributed by atoms with E-state index in [1.54, 1.807) is 7.11 Å². The monoisotopic (exact) mass is 246 g/mol. The highest BCUT2D eigenvalue weighted by atomic mass is 16.5. The Balaban J connectivity index is 2.11. The number of nitrogens with one attached hydrogen (secondary N) is 2. The molecule has 3 rings (SSSR count). The average molecular weight is 246 g/mol. The molecule has 0 bridgehead atoms. The van der Waals surface area contributed by atoms with Gasteiger partial charge in [0.15, 0.2) is 0 Å². The summed E-state index contributed by atoms with van der Waals surface area (Å²) < 4.78 is 5.34. The van der Waals surface area contributed by atoms with Crippen molar-refractivity contribution >= 4 is 11.6 Å². The molecule has 2 heterocycles. The summed E-state index contributed by atoms with van der Waals surface area (Å²) in [4.78, 5) is 12.1. The molecule has 0 spiro atoms. The third-order valence-corrected chi connectivity index (χ3v) is 4.04. The van der Waals surface area contributed by atoms with Crippen molar-refractivity contribution in [2.24, 2.45) is 5.92 Å². The molecule has 0 saturated carbocycles. The van der Waals surface area contributed by atoms with Crippen LogP contribution in [0.2, 0.25) is 0 Å². The molecule has 1 amide bonds. The van der Waals surface area contributed by atoms with Crippen molar-refractivity contribution in [3.05, 3.63) is 23.3 Å². The zero-order valence-electron chi connectivity index (χ0n) is 10.7. The zero-order chi connectivity index (χ0) is 12.7. The van der Waals surface area contributed by atoms with Crippen LogP contribution < -0.4 is 15.4 Å². The Morgan fingerprint density at radius 3 is 2.94 bits per heavy atom. The van der Waals surface area contributed by atoms with Crippen LogP contribution in [0, 0.1) is 12.8 Å². The van der Waals surface area contributed by atoms with Crippen LogP contribution in [0.1, 0.15) is 23.5 Å². The first-order chi connectivity index (χ1) is 8.70. The summed E-state index contributed by atoms with van der Waals surface area (Å²) in [5, 5.41) is 6.34. The number of carbonyl (C=O) groups excluding carboxylic acids is 1. The molecule has 4 heteroatoms. The van der Waals surface area contributed by atoms with Crippen LogP contribution >= 0.6 is 0 Å². The van der Waals surface area contributed by atoms with Crippen molar-refractivity contribution in [1.82, 2.24) is 5.32 Å². The lowest BCUT2D eigenvalue weighted by molar-refractivity contribution is -0.121. The van der Waals surface area contributed by atoms with Crippen molar-refractivity contribution in [1.29, 1.82) is 0 Å². The second-order valence-corrected chi connectivity index (χ2v) is 5.10. The zero-order valence-corrected chi connectivity index (χ0v) is 10.7. The number of ether oxygens (including phenoxy) is 1. The van der Waals surface area contributed by atoms with Gasteiger partial charge in [0, 0.05) is 18.2 Å². The van der Waals surface area contributed by atoms with Crippen LogP contribution in [0.4, 0.5) is 5.69 Å². The second-order valence-electron chi connectivity index (χ2n) is 5.10. The number of rotatable bonds is 1. The molecule has 0 aromatic heterocycles. The fourth-order valence-electron chi connectivity index (χ4n) is 3.08. The lowest BCUT2D eigenvalue weighted by Crippen LogP contribution is -2.45. The van der Waals surface area contributed by atoms with Crippen LogP contribution in [0.15, 0.2) is 12.1 Å². The van der Waals surface area contributed by atoms with Crippen LogP contribution in [0.25, 0.3) is 0 Å². The fraction of sp³-hybridized carbons (Fsp3) is 0.500. The molecule has 96 valence electrons. The van der Waals surface area contributed by atoms with Crippen LogP contribution in [0.3, 0.4) is 0 Å². The summed E-state index contributed by atoms with van der Waals surface area (Å²) in [5.41, 5.74) is 3.30. The SMILES string of the molecule is COc1cc(C)c2c(c1)C1CCNCC1C(=O)N2. The summed E-state index contributed by atoms with van der Waals surface area (Å²) in [6, 6.07) is 4.05. The molecule has 1 aromatic rings. The van der Waals surface area contributed by atoms with E-state index in [9.17, 15) is 4.79 Å². The molecular weight excluding hydrogens is 228 g/mol. The number of benzene rings is 1. The quantitative estimate of drug-likeness (QED) is 0.792. The lowest BCUT2D eigenvalue weighted by atomic mass is 9.76. The first kappa shape index (κ1) is 11.5. The Hall–Kier alpha value is -1.55. The Kier molecular flexibility index (Phi) is 2.74. The molecule has 2 aliphatic heterocycles. The van der Waals surface area contributed by atoms with Gasteiger partial charge < -0.3 is 15.4 Å². The van der Waals surface area contributed by atoms with E-state index in [-0.39, 0.29) is 11.8 Å². The number of piperidine rings is 1. The minimum Gasteiger partial charge on any atom is -0.497 e. The van der Waals surface area contributed by atoms with Crippen molar-refractivity contribution in [2.45, 2.75) is 19.3 Å². The molecule has 2 aliphatic rings. The Bertz CT molecular complexity index is 499. The molecule has 2 N–H and O–H groups in total. The third-order valence-electron chi connectivity index (χ3n) is 4.04. The molecule has 1 saturated heterocycles. The van der Waals surface area contributed by atoms with Gasteiger partial charge in [-0.3, -0.25) is 4.79 Å². The highest BCUT2D eigenvalue weighted by Crippen LogP contribution is 2.42. The standard InChI is InChI=1S/C14H18N2O2/c1-8-5-9(18-2)6-11-10-3-4-15-7-12(10)14(17)16-13(8)11/h5-6,10,12,15H,3-4,7H2,1-2H3,(H,16,17). The number of fused-ring (bicyclic) bond motifs is 3. The van der Waals surface area contributed by atoms with Gasteiger partial charge in [0.25, 0.3) is 0 Å². The number of hydrogen-bond acceptors (Lipinski definition) is 3. The first-order valence-corrected chi connectivity index (χ1v) is 6.41. The molecule has 2 unspecified atom stereocenters. The van der Waals surface area contributed by atoms with Gasteiger partial charge in [-0.1, -0.05) is 0 Å². The molecule has 0 radical (unpaired) electrons. The number of carbonyl (C=O) groups is 1. The largest absolute Gasteiger partial charge is 0.497 e. The van der Waals surface area contributed by atoms with Gasteiger partial charge in [0.05, 0.1) is 13.0 Å². The Labute approximate surface area is 107 Å². The number of methoxy groups -OCH3 is 1. The summed E-state index contributed by atoms with van der Waals surface area (Å²) in [6.07, 6.45) is 1.01. The van der Waals surface area contributed by atoms with Crippen LogP contribution in [-0.2, 0) is 4.79 Å². The predicted molar refractivity (Wildman–Crippen MR) is 70.1 cm³/mol. The van der Waals surface area contributed by atoms with E-state index >= 15 is 0 Å². The summed E-state index contributed by atoms with van der Waals surface area (Å²) >= 11 is 0. The van der Waals surface area contributed by atoms with Crippen LogP contribution in [0.5, 0.6) is 5.75 Å². The van der Waals surface area contributed by atoms with E-state index in [0.29, 0.717) is 5.92 Å². The van der Waals surface area contributed by atoms with Crippen LogP contribution in [-0.4, -0.2) is 26.1 Å². The maximum Gasteiger partial charge on any atom is 0.229 e. The lowest BCUT2D eigenvalue weighted by Gasteiger charge is -2.37. The molecule has 0 aliphatic carbocycles. The van der Waals surface area contributed by atoms with E-state index in [1.165, 1.54) is 5.56 Å². The normalized spacial score (nSPS) is 26.0. The smallest absolute Gasteiger partial charge is 0.229 e. The van der Waals surface area contributed by atoms with Crippen molar-refractivity contribution in [3.8, 4) is 5.75 Å². The minimum atomic E-state index is 0.0535. The molecule has 1 fully saturated rings. The third kappa shape index (κ3) is 1.68. The van der Waals surface area contributed by atoms with E-state index in [0.717, 1.165) is 36.5 Å². The Morgan fingerprint density at radius 2 is 2.17 bits per heavy atom. The summed E-state index contributed by atoms with van der Waals surface area (Å²) in [6.45, 7) is 3.76. The highest BCUT2D eigenvalue weighted by Gasteiger charge is 2.38. The topological polar surface area (TPSA) is 50.4 Å². The van der Waals surface area contributed by atoms with Gasteiger partial charge in [-0.25, -0.2) is 0 Å². The number of amides is 1. The van der Waals surface area contributed by atoms with Gasteiger partial charge in [0.2, 0.25) is 5.91 Å².